The van der Waals surface area contributed by atoms with Crippen molar-refractivity contribution in [3.05, 3.63) is 57.1 Å². The zero-order valence-corrected chi connectivity index (χ0v) is 15.5. The quantitative estimate of drug-likeness (QED) is 0.565. The van der Waals surface area contributed by atoms with E-state index in [-0.39, 0.29) is 0 Å². The van der Waals surface area contributed by atoms with Crippen molar-refractivity contribution in [1.82, 2.24) is 9.97 Å². The molecule has 0 aliphatic carbocycles. The average molecular weight is 361 g/mol. The highest BCUT2D eigenvalue weighted by atomic mass is 35.5. The third-order valence-electron chi connectivity index (χ3n) is 2.76. The lowest BCUT2D eigenvalue weighted by molar-refractivity contribution is 0.143. The Labute approximate surface area is 153 Å². The summed E-state index contributed by atoms with van der Waals surface area (Å²) in [7, 11) is 0. The number of aryl methyl sites for hydroxylation is 2. The molecule has 124 valence electrons. The maximum atomic E-state index is 9.40. The summed E-state index contributed by atoms with van der Waals surface area (Å²) < 4.78 is 0. The van der Waals surface area contributed by atoms with Crippen LogP contribution in [0.2, 0.25) is 10.3 Å². The van der Waals surface area contributed by atoms with E-state index in [9.17, 15) is 5.11 Å². The first-order valence-electron chi connectivity index (χ1n) is 7.11. The third-order valence-corrected chi connectivity index (χ3v) is 3.18. The maximum Gasteiger partial charge on any atom is 0.129 e. The highest BCUT2D eigenvalue weighted by Gasteiger charge is 2.06. The Morgan fingerprint density at radius 3 is 1.79 bits per heavy atom. The summed E-state index contributed by atoms with van der Waals surface area (Å²) in [6.07, 6.45) is 5.17. The number of nitrogens with zero attached hydrogens (tertiary/aromatic N) is 2. The van der Waals surface area contributed by atoms with Crippen LogP contribution in [0.4, 0.5) is 0 Å². The van der Waals surface area contributed by atoms with E-state index in [1.165, 1.54) is 0 Å². The van der Waals surface area contributed by atoms with Gasteiger partial charge in [-0.25, -0.2) is 9.97 Å². The van der Waals surface area contributed by atoms with E-state index in [0.717, 1.165) is 22.5 Å². The Balaban J connectivity index is 0.000000254. The number of rotatable bonds is 0. The lowest BCUT2D eigenvalue weighted by atomic mass is 10.1. The smallest absolute Gasteiger partial charge is 0.129 e. The zero-order valence-electron chi connectivity index (χ0n) is 14.0. The molecule has 0 aliphatic heterocycles. The van der Waals surface area contributed by atoms with Crippen molar-refractivity contribution >= 4 is 23.2 Å². The fourth-order valence-electron chi connectivity index (χ4n) is 1.57. The van der Waals surface area contributed by atoms with E-state index in [0.29, 0.717) is 10.3 Å². The molecule has 1 N–H and O–H groups in total. The van der Waals surface area contributed by atoms with Crippen molar-refractivity contribution in [2.45, 2.75) is 33.3 Å². The fraction of sp³-hybridized carbons (Fsp3) is 0.263. The predicted molar refractivity (Wildman–Crippen MR) is 99.1 cm³/mol. The Hall–Kier alpha value is -2.04. The van der Waals surface area contributed by atoms with E-state index >= 15 is 0 Å². The molecule has 0 atom stereocenters. The second-order valence-electron chi connectivity index (χ2n) is 5.49. The molecule has 0 saturated heterocycles. The first-order valence-corrected chi connectivity index (χ1v) is 7.86. The minimum atomic E-state index is -0.980. The summed E-state index contributed by atoms with van der Waals surface area (Å²) in [5, 5.41) is 10.3. The van der Waals surface area contributed by atoms with Crippen LogP contribution in [0.3, 0.4) is 0 Å². The SMILES string of the molecule is C#Cc1ccc(Cl)nc1C.Cc1nc(Cl)ccc1C#CC(C)(C)O. The van der Waals surface area contributed by atoms with Gasteiger partial charge in [0, 0.05) is 11.1 Å². The molecular weight excluding hydrogens is 343 g/mol. The molecule has 0 amide bonds. The second kappa shape index (κ2) is 8.71. The van der Waals surface area contributed by atoms with Crippen LogP contribution in [-0.2, 0) is 0 Å². The summed E-state index contributed by atoms with van der Waals surface area (Å²) in [4.78, 5) is 8.02. The lowest BCUT2D eigenvalue weighted by Gasteiger charge is -2.06. The van der Waals surface area contributed by atoms with Crippen molar-refractivity contribution in [3.8, 4) is 24.2 Å². The van der Waals surface area contributed by atoms with E-state index in [1.807, 2.05) is 13.8 Å². The Kier molecular flexibility index (Phi) is 7.26. The third kappa shape index (κ3) is 7.02. The van der Waals surface area contributed by atoms with Gasteiger partial charge in [0.15, 0.2) is 0 Å². The summed E-state index contributed by atoms with van der Waals surface area (Å²) in [5.74, 6) is 8.08. The van der Waals surface area contributed by atoms with Crippen LogP contribution in [0.1, 0.15) is 36.4 Å². The van der Waals surface area contributed by atoms with E-state index in [4.69, 9.17) is 29.6 Å². The number of pyridine rings is 2. The maximum absolute atomic E-state index is 9.40. The molecular formula is C19H18Cl2N2O. The molecule has 0 aromatic carbocycles. The van der Waals surface area contributed by atoms with Crippen LogP contribution < -0.4 is 0 Å². The molecule has 2 aromatic rings. The molecule has 0 radical (unpaired) electrons. The highest BCUT2D eigenvalue weighted by Crippen LogP contribution is 2.10. The standard InChI is InChI=1S/C11H12ClNO.C8H6ClN/c1-8-9(4-5-10(12)13-8)6-7-11(2,3)14;1-3-7-4-5-8(9)10-6(7)2/h4-5,14H,1-3H3;1,4-5H,2H3. The number of aliphatic hydroxyl groups is 1. The monoisotopic (exact) mass is 360 g/mol. The largest absolute Gasteiger partial charge is 0.378 e. The van der Waals surface area contributed by atoms with Crippen molar-refractivity contribution in [2.75, 3.05) is 0 Å². The van der Waals surface area contributed by atoms with Gasteiger partial charge < -0.3 is 5.11 Å². The van der Waals surface area contributed by atoms with Crippen LogP contribution in [0.5, 0.6) is 0 Å². The number of hydrogen-bond donors (Lipinski definition) is 1. The Morgan fingerprint density at radius 1 is 0.958 bits per heavy atom. The van der Waals surface area contributed by atoms with E-state index in [2.05, 4.69) is 27.7 Å². The van der Waals surface area contributed by atoms with Crippen molar-refractivity contribution in [2.24, 2.45) is 0 Å². The minimum absolute atomic E-state index is 0.455. The fourth-order valence-corrected chi connectivity index (χ4v) is 1.95. The summed E-state index contributed by atoms with van der Waals surface area (Å²) in [6, 6.07) is 6.95. The summed E-state index contributed by atoms with van der Waals surface area (Å²) in [6.45, 7) is 6.94. The van der Waals surface area contributed by atoms with Gasteiger partial charge in [-0.15, -0.1) is 6.42 Å². The van der Waals surface area contributed by atoms with Crippen LogP contribution >= 0.6 is 23.2 Å². The average Bonchev–Trinajstić information content (AvgIpc) is 2.46. The molecule has 0 bridgehead atoms. The first kappa shape index (κ1) is 20.0. The predicted octanol–water partition coefficient (Wildman–Crippen LogP) is 4.19. The van der Waals surface area contributed by atoms with Gasteiger partial charge in [-0.1, -0.05) is 41.0 Å². The molecule has 0 spiro atoms. The molecule has 0 aliphatic rings. The molecule has 0 saturated carbocycles. The van der Waals surface area contributed by atoms with E-state index in [1.54, 1.807) is 38.1 Å². The first-order chi connectivity index (χ1) is 11.1. The number of halogens is 2. The minimum Gasteiger partial charge on any atom is -0.378 e. The van der Waals surface area contributed by atoms with E-state index < -0.39 is 5.60 Å². The van der Waals surface area contributed by atoms with Gasteiger partial charge in [-0.2, -0.15) is 0 Å². The molecule has 2 rings (SSSR count). The second-order valence-corrected chi connectivity index (χ2v) is 6.26. The van der Waals surface area contributed by atoms with Gasteiger partial charge in [0.1, 0.15) is 15.9 Å². The van der Waals surface area contributed by atoms with Gasteiger partial charge in [0.05, 0.1) is 11.4 Å². The van der Waals surface area contributed by atoms with Crippen LogP contribution in [0.25, 0.3) is 0 Å². The van der Waals surface area contributed by atoms with Crippen LogP contribution in [0, 0.1) is 38.0 Å². The van der Waals surface area contributed by atoms with Gasteiger partial charge in [-0.3, -0.25) is 0 Å². The molecule has 2 heterocycles. The number of terminal acetylenes is 1. The molecule has 24 heavy (non-hydrogen) atoms. The zero-order chi connectivity index (χ0) is 18.3. The number of aromatic nitrogens is 2. The summed E-state index contributed by atoms with van der Waals surface area (Å²) >= 11 is 11.3. The topological polar surface area (TPSA) is 46.0 Å². The Bertz CT molecular complexity index is 822. The molecule has 3 nitrogen and oxygen atoms in total. The van der Waals surface area contributed by atoms with Crippen LogP contribution in [-0.4, -0.2) is 20.7 Å². The summed E-state index contributed by atoms with van der Waals surface area (Å²) in [5.41, 5.74) is 2.18. The van der Waals surface area contributed by atoms with Crippen molar-refractivity contribution in [1.29, 1.82) is 0 Å². The normalized spacial score (nSPS) is 9.92. The molecule has 2 aromatic heterocycles. The van der Waals surface area contributed by atoms with Crippen LogP contribution in [0.15, 0.2) is 24.3 Å². The highest BCUT2D eigenvalue weighted by molar-refractivity contribution is 6.29. The molecule has 0 unspecified atom stereocenters. The number of hydrogen-bond acceptors (Lipinski definition) is 3. The van der Waals surface area contributed by atoms with Crippen molar-refractivity contribution in [3.63, 3.8) is 0 Å². The lowest BCUT2D eigenvalue weighted by Crippen LogP contribution is -2.14. The van der Waals surface area contributed by atoms with Crippen molar-refractivity contribution < 1.29 is 5.11 Å². The van der Waals surface area contributed by atoms with Gasteiger partial charge >= 0.3 is 0 Å². The molecule has 0 fully saturated rings. The van der Waals surface area contributed by atoms with Gasteiger partial charge in [0.25, 0.3) is 0 Å². The van der Waals surface area contributed by atoms with Gasteiger partial charge in [-0.05, 0) is 52.0 Å². The Morgan fingerprint density at radius 2 is 1.42 bits per heavy atom. The molecule has 5 heteroatoms. The van der Waals surface area contributed by atoms with Gasteiger partial charge in [0.2, 0.25) is 0 Å².